The summed E-state index contributed by atoms with van der Waals surface area (Å²) in [4.78, 5) is 18.3. The molecular weight excluding hydrogens is 234 g/mol. The van der Waals surface area contributed by atoms with E-state index in [1.165, 1.54) is 0 Å². The first-order valence-corrected chi connectivity index (χ1v) is 5.47. The van der Waals surface area contributed by atoms with Crippen LogP contribution in [0.15, 0.2) is 29.0 Å². The van der Waals surface area contributed by atoms with E-state index in [0.29, 0.717) is 22.9 Å². The fourth-order valence-corrected chi connectivity index (χ4v) is 2.00. The third kappa shape index (κ3) is 1.58. The molecule has 0 atom stereocenters. The monoisotopic (exact) mass is 245 g/mol. The van der Waals surface area contributed by atoms with Crippen molar-refractivity contribution in [1.82, 2.24) is 14.4 Å². The summed E-state index contributed by atoms with van der Waals surface area (Å²) in [5, 5.41) is 8.89. The van der Waals surface area contributed by atoms with Gasteiger partial charge in [-0.1, -0.05) is 0 Å². The van der Waals surface area contributed by atoms with Gasteiger partial charge in [-0.15, -0.1) is 0 Å². The molecule has 0 fully saturated rings. The Morgan fingerprint density at radius 1 is 1.61 bits per heavy atom. The minimum absolute atomic E-state index is 0.0419. The molecule has 3 aromatic heterocycles. The Balaban J connectivity index is 2.13. The van der Waals surface area contributed by atoms with Crippen LogP contribution in [-0.4, -0.2) is 25.4 Å². The van der Waals surface area contributed by atoms with E-state index >= 15 is 0 Å². The van der Waals surface area contributed by atoms with Crippen LogP contribution in [0.2, 0.25) is 0 Å². The van der Waals surface area contributed by atoms with Crippen LogP contribution in [0.1, 0.15) is 11.4 Å². The van der Waals surface area contributed by atoms with Gasteiger partial charge in [0.1, 0.15) is 5.69 Å². The van der Waals surface area contributed by atoms with E-state index in [4.69, 9.17) is 9.52 Å². The van der Waals surface area contributed by atoms with Gasteiger partial charge in [0.05, 0.1) is 18.4 Å². The maximum atomic E-state index is 10.8. The van der Waals surface area contributed by atoms with E-state index in [2.05, 4.69) is 9.97 Å². The molecule has 6 nitrogen and oxygen atoms in total. The molecule has 0 aliphatic carbocycles. The smallest absolute Gasteiger partial charge is 0.309 e. The minimum atomic E-state index is -0.868. The number of aryl methyl sites for hydroxylation is 1. The number of fused-ring (bicyclic) bond motifs is 1. The van der Waals surface area contributed by atoms with Crippen molar-refractivity contribution in [2.45, 2.75) is 13.3 Å². The van der Waals surface area contributed by atoms with Crippen molar-refractivity contribution < 1.29 is 14.3 Å². The van der Waals surface area contributed by atoms with Crippen LogP contribution >= 0.6 is 0 Å². The predicted molar refractivity (Wildman–Crippen MR) is 63.3 cm³/mol. The molecule has 3 aromatic rings. The zero-order valence-corrected chi connectivity index (χ0v) is 9.67. The van der Waals surface area contributed by atoms with Crippen molar-refractivity contribution in [2.24, 2.45) is 0 Å². The van der Waals surface area contributed by atoms with E-state index in [0.717, 1.165) is 5.69 Å². The number of aromatic amines is 1. The third-order valence-corrected chi connectivity index (χ3v) is 2.82. The van der Waals surface area contributed by atoms with Gasteiger partial charge in [-0.2, -0.15) is 0 Å². The number of carbonyl (C=O) groups is 1. The van der Waals surface area contributed by atoms with Crippen LogP contribution in [0.4, 0.5) is 0 Å². The molecule has 2 N–H and O–H groups in total. The van der Waals surface area contributed by atoms with Gasteiger partial charge in [-0.3, -0.25) is 9.20 Å². The summed E-state index contributed by atoms with van der Waals surface area (Å²) in [6.45, 7) is 1.83. The number of aliphatic carboxylic acids is 1. The van der Waals surface area contributed by atoms with Gasteiger partial charge in [-0.05, 0) is 19.1 Å². The molecule has 0 amide bonds. The molecule has 0 saturated carbocycles. The summed E-state index contributed by atoms with van der Waals surface area (Å²) < 4.78 is 7.01. The van der Waals surface area contributed by atoms with Crippen LogP contribution in [0.5, 0.6) is 0 Å². The maximum Gasteiger partial charge on any atom is 0.309 e. The normalized spacial score (nSPS) is 11.2. The summed E-state index contributed by atoms with van der Waals surface area (Å²) in [5.74, 6) is 0.411. The molecule has 0 aliphatic rings. The lowest BCUT2D eigenvalue weighted by atomic mass is 10.2. The van der Waals surface area contributed by atoms with Gasteiger partial charge in [0.2, 0.25) is 5.78 Å². The molecule has 3 rings (SSSR count). The molecule has 0 radical (unpaired) electrons. The number of hydrogen-bond donors (Lipinski definition) is 2. The third-order valence-electron chi connectivity index (χ3n) is 2.82. The van der Waals surface area contributed by atoms with E-state index in [1.54, 1.807) is 22.9 Å². The second-order valence-electron chi connectivity index (χ2n) is 4.06. The largest absolute Gasteiger partial charge is 0.481 e. The van der Waals surface area contributed by atoms with Gasteiger partial charge in [0.15, 0.2) is 5.76 Å². The minimum Gasteiger partial charge on any atom is -0.481 e. The molecule has 18 heavy (non-hydrogen) atoms. The highest BCUT2D eigenvalue weighted by atomic mass is 16.4. The number of nitrogens with zero attached hydrogens (tertiary/aromatic N) is 2. The van der Waals surface area contributed by atoms with E-state index in [9.17, 15) is 4.79 Å². The zero-order chi connectivity index (χ0) is 12.7. The number of H-pyrrole nitrogens is 1. The topological polar surface area (TPSA) is 83.5 Å². The van der Waals surface area contributed by atoms with Crippen molar-refractivity contribution in [3.8, 4) is 11.5 Å². The number of rotatable bonds is 3. The zero-order valence-electron chi connectivity index (χ0n) is 9.67. The molecule has 92 valence electrons. The fourth-order valence-electron chi connectivity index (χ4n) is 2.00. The highest BCUT2D eigenvalue weighted by molar-refractivity contribution is 5.70. The highest BCUT2D eigenvalue weighted by Gasteiger charge is 2.15. The summed E-state index contributed by atoms with van der Waals surface area (Å²) >= 11 is 0. The molecule has 0 bridgehead atoms. The average Bonchev–Trinajstić information content (AvgIpc) is 2.96. The van der Waals surface area contributed by atoms with E-state index < -0.39 is 5.97 Å². The lowest BCUT2D eigenvalue weighted by Gasteiger charge is -1.96. The van der Waals surface area contributed by atoms with Gasteiger partial charge in [0, 0.05) is 11.9 Å². The Hall–Kier alpha value is -2.50. The van der Waals surface area contributed by atoms with Crippen LogP contribution in [0.25, 0.3) is 17.2 Å². The van der Waals surface area contributed by atoms with Crippen molar-refractivity contribution in [3.63, 3.8) is 0 Å². The Morgan fingerprint density at radius 2 is 2.44 bits per heavy atom. The summed E-state index contributed by atoms with van der Waals surface area (Å²) in [7, 11) is 0. The molecule has 0 unspecified atom stereocenters. The summed E-state index contributed by atoms with van der Waals surface area (Å²) in [5.41, 5.74) is 2.19. The van der Waals surface area contributed by atoms with E-state index in [-0.39, 0.29) is 6.42 Å². The molecule has 0 aliphatic heterocycles. The Kier molecular flexibility index (Phi) is 2.22. The molecule has 6 heteroatoms. The van der Waals surface area contributed by atoms with Crippen LogP contribution < -0.4 is 0 Å². The predicted octanol–water partition coefficient (Wildman–Crippen LogP) is 1.86. The molecule has 0 spiro atoms. The number of carboxylic acids is 1. The summed E-state index contributed by atoms with van der Waals surface area (Å²) in [6.07, 6.45) is 3.31. The standard InChI is InChI=1S/C12H11N3O3/c1-7-9(5-11(16)17)15-6-8(14-12(15)13-7)10-3-2-4-18-10/h2-4,6H,5H2,1H3,(H,13,14)(H,16,17). The molecule has 3 heterocycles. The second kappa shape index (κ2) is 3.76. The first kappa shape index (κ1) is 10.6. The number of furan rings is 1. The number of aromatic nitrogens is 3. The Morgan fingerprint density at radius 3 is 3.11 bits per heavy atom. The quantitative estimate of drug-likeness (QED) is 0.737. The van der Waals surface area contributed by atoms with Crippen molar-refractivity contribution >= 4 is 11.7 Å². The highest BCUT2D eigenvalue weighted by Crippen LogP contribution is 2.21. The van der Waals surface area contributed by atoms with E-state index in [1.807, 2.05) is 13.0 Å². The number of nitrogens with one attached hydrogen (secondary N) is 1. The van der Waals surface area contributed by atoms with Gasteiger partial charge < -0.3 is 14.5 Å². The lowest BCUT2D eigenvalue weighted by Crippen LogP contribution is -2.03. The number of carboxylic acid groups (broad SMARTS) is 1. The second-order valence-corrected chi connectivity index (χ2v) is 4.06. The first-order valence-electron chi connectivity index (χ1n) is 5.47. The van der Waals surface area contributed by atoms with Gasteiger partial charge in [0.25, 0.3) is 0 Å². The molecule has 0 aromatic carbocycles. The van der Waals surface area contributed by atoms with Crippen molar-refractivity contribution in [1.29, 1.82) is 0 Å². The fraction of sp³-hybridized carbons (Fsp3) is 0.167. The van der Waals surface area contributed by atoms with Crippen LogP contribution in [-0.2, 0) is 11.2 Å². The number of imidazole rings is 2. The SMILES string of the molecule is Cc1[nH]c2nc(-c3ccco3)cn2c1CC(=O)O. The van der Waals surface area contributed by atoms with Gasteiger partial charge >= 0.3 is 5.97 Å². The molecule has 0 saturated heterocycles. The lowest BCUT2D eigenvalue weighted by molar-refractivity contribution is -0.136. The molecular formula is C12H11N3O3. The van der Waals surface area contributed by atoms with Crippen LogP contribution in [0, 0.1) is 6.92 Å². The number of hydrogen-bond acceptors (Lipinski definition) is 3. The summed E-state index contributed by atoms with van der Waals surface area (Å²) in [6, 6.07) is 3.60. The van der Waals surface area contributed by atoms with Gasteiger partial charge in [-0.25, -0.2) is 4.98 Å². The van der Waals surface area contributed by atoms with Crippen molar-refractivity contribution in [2.75, 3.05) is 0 Å². The maximum absolute atomic E-state index is 10.8. The van der Waals surface area contributed by atoms with Crippen LogP contribution in [0.3, 0.4) is 0 Å². The Labute approximate surface area is 102 Å². The average molecular weight is 245 g/mol. The Bertz CT molecular complexity index is 706. The van der Waals surface area contributed by atoms with Crippen molar-refractivity contribution in [3.05, 3.63) is 36.0 Å². The first-order chi connectivity index (χ1) is 8.65.